The third-order valence-electron chi connectivity index (χ3n) is 3.41. The number of rotatable bonds is 3. The first-order valence-corrected chi connectivity index (χ1v) is 6.89. The van der Waals surface area contributed by atoms with Crippen molar-refractivity contribution in [2.24, 2.45) is 11.8 Å². The number of nitro benzene ring substituents is 1. The van der Waals surface area contributed by atoms with Crippen molar-refractivity contribution < 1.29 is 14.8 Å². The summed E-state index contributed by atoms with van der Waals surface area (Å²) >= 11 is 2.05. The maximum Gasteiger partial charge on any atom is 0.308 e. The number of carboxylic acids is 1. The van der Waals surface area contributed by atoms with E-state index < -0.39 is 10.9 Å². The first-order valence-electron chi connectivity index (χ1n) is 5.82. The number of nitro groups is 1. The molecule has 0 saturated carbocycles. The number of halogens is 1. The molecule has 1 aliphatic heterocycles. The molecule has 1 aromatic carbocycles. The highest BCUT2D eigenvalue weighted by molar-refractivity contribution is 14.1. The van der Waals surface area contributed by atoms with Gasteiger partial charge in [-0.3, -0.25) is 14.9 Å². The molecule has 1 aliphatic rings. The third-order valence-corrected chi connectivity index (χ3v) is 4.28. The van der Waals surface area contributed by atoms with Crippen LogP contribution in [-0.2, 0) is 4.79 Å². The summed E-state index contributed by atoms with van der Waals surface area (Å²) in [7, 11) is 0. The molecule has 0 bridgehead atoms. The molecule has 19 heavy (non-hydrogen) atoms. The molecule has 1 saturated heterocycles. The predicted molar refractivity (Wildman–Crippen MR) is 78.3 cm³/mol. The second-order valence-corrected chi connectivity index (χ2v) is 5.88. The zero-order valence-electron chi connectivity index (χ0n) is 10.2. The summed E-state index contributed by atoms with van der Waals surface area (Å²) in [6.45, 7) is 3.02. The van der Waals surface area contributed by atoms with Crippen LogP contribution in [0, 0.1) is 25.5 Å². The lowest BCUT2D eigenvalue weighted by Gasteiger charge is -2.19. The lowest BCUT2D eigenvalue weighted by Crippen LogP contribution is -2.23. The highest BCUT2D eigenvalue weighted by atomic mass is 127. The summed E-state index contributed by atoms with van der Waals surface area (Å²) in [6.07, 6.45) is 0. The summed E-state index contributed by atoms with van der Waals surface area (Å²) in [5.41, 5.74) is 0.914. The van der Waals surface area contributed by atoms with Crippen LogP contribution in [0.1, 0.15) is 6.92 Å². The Balaban J connectivity index is 2.24. The molecular formula is C12H13IN2O4. The standard InChI is InChI=1S/C12H13IN2O4/c1-7-5-14(6-9(7)12(16)17)11-3-2-8(15(18)19)4-10(11)13/h2-4,7,9H,5-6H2,1H3,(H,16,17)/t7-,9-/m1/s1. The number of aliphatic carboxylic acids is 1. The smallest absolute Gasteiger partial charge is 0.308 e. The summed E-state index contributed by atoms with van der Waals surface area (Å²) in [6, 6.07) is 4.65. The van der Waals surface area contributed by atoms with Crippen LogP contribution in [0.15, 0.2) is 18.2 Å². The van der Waals surface area contributed by atoms with Gasteiger partial charge in [0.05, 0.1) is 16.5 Å². The Morgan fingerprint density at radius 2 is 2.21 bits per heavy atom. The minimum Gasteiger partial charge on any atom is -0.481 e. The van der Waals surface area contributed by atoms with Gasteiger partial charge in [0, 0.05) is 28.8 Å². The average molecular weight is 376 g/mol. The Morgan fingerprint density at radius 1 is 1.53 bits per heavy atom. The molecule has 0 amide bonds. The van der Waals surface area contributed by atoms with Gasteiger partial charge in [-0.15, -0.1) is 0 Å². The van der Waals surface area contributed by atoms with Gasteiger partial charge >= 0.3 is 5.97 Å². The van der Waals surface area contributed by atoms with E-state index in [1.165, 1.54) is 12.1 Å². The van der Waals surface area contributed by atoms with Crippen LogP contribution in [0.2, 0.25) is 0 Å². The van der Waals surface area contributed by atoms with E-state index in [1.807, 2.05) is 34.4 Å². The second kappa shape index (κ2) is 5.32. The molecule has 1 aromatic rings. The molecular weight excluding hydrogens is 363 g/mol. The van der Waals surface area contributed by atoms with Crippen LogP contribution in [0.25, 0.3) is 0 Å². The number of non-ortho nitro benzene ring substituents is 1. The molecule has 2 rings (SSSR count). The second-order valence-electron chi connectivity index (χ2n) is 4.72. The summed E-state index contributed by atoms with van der Waals surface area (Å²) in [4.78, 5) is 23.3. The van der Waals surface area contributed by atoms with Crippen molar-refractivity contribution in [1.29, 1.82) is 0 Å². The minimum absolute atomic E-state index is 0.0511. The van der Waals surface area contributed by atoms with E-state index >= 15 is 0 Å². The average Bonchev–Trinajstić information content (AvgIpc) is 2.71. The van der Waals surface area contributed by atoms with Gasteiger partial charge in [-0.2, -0.15) is 0 Å². The molecule has 0 radical (unpaired) electrons. The monoisotopic (exact) mass is 376 g/mol. The molecule has 1 fully saturated rings. The lowest BCUT2D eigenvalue weighted by atomic mass is 9.99. The van der Waals surface area contributed by atoms with E-state index in [-0.39, 0.29) is 17.5 Å². The quantitative estimate of drug-likeness (QED) is 0.498. The van der Waals surface area contributed by atoms with Crippen molar-refractivity contribution in [3.63, 3.8) is 0 Å². The van der Waals surface area contributed by atoms with Crippen LogP contribution in [0.3, 0.4) is 0 Å². The molecule has 0 aromatic heterocycles. The van der Waals surface area contributed by atoms with E-state index in [0.717, 1.165) is 9.26 Å². The molecule has 0 unspecified atom stereocenters. The van der Waals surface area contributed by atoms with Crippen LogP contribution in [0.4, 0.5) is 11.4 Å². The van der Waals surface area contributed by atoms with Gasteiger partial charge in [0.2, 0.25) is 0 Å². The molecule has 1 heterocycles. The zero-order chi connectivity index (χ0) is 14.2. The Kier molecular flexibility index (Phi) is 3.93. The van der Waals surface area contributed by atoms with Crippen LogP contribution in [-0.4, -0.2) is 29.1 Å². The van der Waals surface area contributed by atoms with E-state index in [0.29, 0.717) is 13.1 Å². The van der Waals surface area contributed by atoms with Gasteiger partial charge in [0.1, 0.15) is 0 Å². The van der Waals surface area contributed by atoms with Crippen LogP contribution in [0.5, 0.6) is 0 Å². The molecule has 2 atom stereocenters. The fraction of sp³-hybridized carbons (Fsp3) is 0.417. The van der Waals surface area contributed by atoms with Crippen molar-refractivity contribution >= 4 is 39.9 Å². The van der Waals surface area contributed by atoms with E-state index in [4.69, 9.17) is 5.11 Å². The summed E-state index contributed by atoms with van der Waals surface area (Å²) in [5.74, 6) is -1.10. The number of hydrogen-bond donors (Lipinski definition) is 1. The molecule has 6 nitrogen and oxygen atoms in total. The zero-order valence-corrected chi connectivity index (χ0v) is 12.4. The number of benzene rings is 1. The number of carboxylic acid groups (broad SMARTS) is 1. The Hall–Kier alpha value is -1.38. The van der Waals surface area contributed by atoms with Crippen molar-refractivity contribution in [3.8, 4) is 0 Å². The highest BCUT2D eigenvalue weighted by Crippen LogP contribution is 2.33. The van der Waals surface area contributed by atoms with Gasteiger partial charge in [-0.1, -0.05) is 6.92 Å². The fourth-order valence-electron chi connectivity index (χ4n) is 2.35. The molecule has 0 aliphatic carbocycles. The van der Waals surface area contributed by atoms with Crippen molar-refractivity contribution in [2.75, 3.05) is 18.0 Å². The number of nitrogens with zero attached hydrogens (tertiary/aromatic N) is 2. The van der Waals surface area contributed by atoms with Crippen molar-refractivity contribution in [2.45, 2.75) is 6.92 Å². The van der Waals surface area contributed by atoms with E-state index in [2.05, 4.69) is 0 Å². The Labute approximate surface area is 123 Å². The molecule has 102 valence electrons. The predicted octanol–water partition coefficient (Wildman–Crippen LogP) is 2.36. The van der Waals surface area contributed by atoms with Gasteiger partial charge < -0.3 is 10.0 Å². The fourth-order valence-corrected chi connectivity index (χ4v) is 3.19. The normalized spacial score (nSPS) is 22.5. The highest BCUT2D eigenvalue weighted by Gasteiger charge is 2.35. The van der Waals surface area contributed by atoms with Crippen LogP contribution < -0.4 is 4.90 Å². The Morgan fingerprint density at radius 3 is 2.68 bits per heavy atom. The van der Waals surface area contributed by atoms with E-state index in [9.17, 15) is 14.9 Å². The van der Waals surface area contributed by atoms with Crippen molar-refractivity contribution in [3.05, 3.63) is 31.9 Å². The maximum atomic E-state index is 11.1. The SMILES string of the molecule is C[C@@H]1CN(c2ccc([N+](=O)[O-])cc2I)C[C@H]1C(=O)O. The number of anilines is 1. The van der Waals surface area contributed by atoms with Gasteiger partial charge in [-0.05, 0) is 34.6 Å². The molecule has 1 N–H and O–H groups in total. The molecule has 0 spiro atoms. The first kappa shape index (κ1) is 14.0. The number of hydrogen-bond acceptors (Lipinski definition) is 4. The summed E-state index contributed by atoms with van der Waals surface area (Å²) in [5, 5.41) is 19.8. The summed E-state index contributed by atoms with van der Waals surface area (Å²) < 4.78 is 0.769. The van der Waals surface area contributed by atoms with Crippen LogP contribution >= 0.6 is 22.6 Å². The van der Waals surface area contributed by atoms with Gasteiger partial charge in [-0.25, -0.2) is 0 Å². The van der Waals surface area contributed by atoms with Gasteiger partial charge in [0.25, 0.3) is 5.69 Å². The Bertz CT molecular complexity index is 534. The lowest BCUT2D eigenvalue weighted by molar-refractivity contribution is -0.384. The molecule has 7 heteroatoms. The third kappa shape index (κ3) is 2.80. The van der Waals surface area contributed by atoms with E-state index in [1.54, 1.807) is 6.07 Å². The van der Waals surface area contributed by atoms with Crippen molar-refractivity contribution in [1.82, 2.24) is 0 Å². The minimum atomic E-state index is -0.785. The number of carbonyl (C=O) groups is 1. The maximum absolute atomic E-state index is 11.1. The largest absolute Gasteiger partial charge is 0.481 e. The topological polar surface area (TPSA) is 83.7 Å². The first-order chi connectivity index (χ1) is 8.90. The van der Waals surface area contributed by atoms with Gasteiger partial charge in [0.15, 0.2) is 0 Å².